The smallest absolute Gasteiger partial charge is 0.329 e. The number of benzene rings is 3. The van der Waals surface area contributed by atoms with Crippen molar-refractivity contribution >= 4 is 29.6 Å². The second kappa shape index (κ2) is 10.5. The predicted molar refractivity (Wildman–Crippen MR) is 117 cm³/mol. The average molecular weight is 434 g/mol. The van der Waals surface area contributed by atoms with E-state index in [9.17, 15) is 18.8 Å². The molecule has 0 aliphatic rings. The molecule has 0 bridgehead atoms. The number of primary amides is 1. The molecule has 0 aromatic heterocycles. The van der Waals surface area contributed by atoms with Crippen molar-refractivity contribution in [3.8, 4) is 5.75 Å². The van der Waals surface area contributed by atoms with E-state index in [2.05, 4.69) is 15.8 Å². The van der Waals surface area contributed by atoms with Gasteiger partial charge in [-0.1, -0.05) is 24.3 Å². The molecule has 8 nitrogen and oxygen atoms in total. The third kappa shape index (κ3) is 6.49. The molecule has 0 atom stereocenters. The lowest BCUT2D eigenvalue weighted by molar-refractivity contribution is -0.136. The molecule has 162 valence electrons. The Bertz CT molecular complexity index is 1150. The van der Waals surface area contributed by atoms with Crippen molar-refractivity contribution in [3.63, 3.8) is 0 Å². The van der Waals surface area contributed by atoms with E-state index in [4.69, 9.17) is 10.5 Å². The fourth-order valence-corrected chi connectivity index (χ4v) is 2.55. The maximum atomic E-state index is 13.0. The topological polar surface area (TPSA) is 123 Å². The number of rotatable bonds is 7. The number of hydrazone groups is 1. The van der Waals surface area contributed by atoms with Gasteiger partial charge in [0.25, 0.3) is 0 Å². The molecule has 32 heavy (non-hydrogen) atoms. The van der Waals surface area contributed by atoms with Gasteiger partial charge in [-0.05, 0) is 59.7 Å². The molecule has 9 heteroatoms. The number of carbonyl (C=O) groups excluding carboxylic acids is 3. The molecule has 0 saturated heterocycles. The normalized spacial score (nSPS) is 10.5. The molecule has 0 saturated carbocycles. The number of amides is 3. The number of nitrogens with one attached hydrogen (secondary N) is 2. The standard InChI is InChI=1S/C23H19FN4O4/c24-18-8-4-15(5-9-18)14-32-20-3-1-2-16(12-20)13-26-28-23(31)22(30)27-19-10-6-17(7-11-19)21(25)29/h1-13H,14H2,(H2,25,29)(H,27,30)(H,28,31). The first kappa shape index (κ1) is 22.2. The SMILES string of the molecule is NC(=O)c1ccc(NC(=O)C(=O)NN=Cc2cccc(OCc3ccc(F)cc3)c2)cc1. The second-order valence-electron chi connectivity index (χ2n) is 6.58. The lowest BCUT2D eigenvalue weighted by atomic mass is 10.2. The number of hydrogen-bond acceptors (Lipinski definition) is 5. The van der Waals surface area contributed by atoms with Crippen LogP contribution < -0.4 is 21.2 Å². The molecule has 3 aromatic rings. The van der Waals surface area contributed by atoms with Gasteiger partial charge in [0.2, 0.25) is 5.91 Å². The minimum absolute atomic E-state index is 0.262. The molecule has 3 amide bonds. The van der Waals surface area contributed by atoms with Crippen LogP contribution in [0.1, 0.15) is 21.5 Å². The highest BCUT2D eigenvalue weighted by Gasteiger charge is 2.13. The Morgan fingerprint density at radius 2 is 1.69 bits per heavy atom. The van der Waals surface area contributed by atoms with Gasteiger partial charge in [0.1, 0.15) is 18.2 Å². The van der Waals surface area contributed by atoms with Crippen LogP contribution >= 0.6 is 0 Å². The highest BCUT2D eigenvalue weighted by molar-refractivity contribution is 6.39. The minimum atomic E-state index is -0.969. The van der Waals surface area contributed by atoms with E-state index in [1.54, 1.807) is 36.4 Å². The Hall–Kier alpha value is -4.53. The first-order valence-corrected chi connectivity index (χ1v) is 9.42. The van der Waals surface area contributed by atoms with E-state index < -0.39 is 17.7 Å². The van der Waals surface area contributed by atoms with Crippen molar-refractivity contribution in [3.05, 3.63) is 95.3 Å². The van der Waals surface area contributed by atoms with E-state index >= 15 is 0 Å². The third-order valence-electron chi connectivity index (χ3n) is 4.19. The Labute approximate surface area is 182 Å². The number of hydrogen-bond donors (Lipinski definition) is 3. The average Bonchev–Trinajstić information content (AvgIpc) is 2.79. The number of anilines is 1. The molecule has 3 aromatic carbocycles. The van der Waals surface area contributed by atoms with Crippen LogP contribution in [-0.2, 0) is 16.2 Å². The number of halogens is 1. The van der Waals surface area contributed by atoms with Crippen LogP contribution in [-0.4, -0.2) is 23.9 Å². The quantitative estimate of drug-likeness (QED) is 0.300. The van der Waals surface area contributed by atoms with Gasteiger partial charge in [-0.3, -0.25) is 14.4 Å². The van der Waals surface area contributed by atoms with Crippen LogP contribution in [0.15, 0.2) is 77.9 Å². The lowest BCUT2D eigenvalue weighted by Crippen LogP contribution is -2.32. The van der Waals surface area contributed by atoms with Gasteiger partial charge in [0.15, 0.2) is 0 Å². The summed E-state index contributed by atoms with van der Waals surface area (Å²) >= 11 is 0. The number of carbonyl (C=O) groups is 3. The van der Waals surface area contributed by atoms with Gasteiger partial charge < -0.3 is 15.8 Å². The highest BCUT2D eigenvalue weighted by atomic mass is 19.1. The third-order valence-corrected chi connectivity index (χ3v) is 4.19. The van der Waals surface area contributed by atoms with Crippen LogP contribution in [0.2, 0.25) is 0 Å². The fourth-order valence-electron chi connectivity index (χ4n) is 2.55. The van der Waals surface area contributed by atoms with Crippen molar-refractivity contribution in [2.45, 2.75) is 6.61 Å². The lowest BCUT2D eigenvalue weighted by Gasteiger charge is -2.07. The maximum absolute atomic E-state index is 13.0. The van der Waals surface area contributed by atoms with Gasteiger partial charge >= 0.3 is 11.8 Å². The predicted octanol–water partition coefficient (Wildman–Crippen LogP) is 2.59. The Morgan fingerprint density at radius 1 is 0.969 bits per heavy atom. The molecule has 0 radical (unpaired) electrons. The molecule has 0 spiro atoms. The molecule has 0 aliphatic heterocycles. The van der Waals surface area contributed by atoms with Crippen molar-refractivity contribution in [2.75, 3.05) is 5.32 Å². The number of nitrogens with zero attached hydrogens (tertiary/aromatic N) is 1. The number of nitrogens with two attached hydrogens (primary N) is 1. The van der Waals surface area contributed by atoms with Crippen molar-refractivity contribution in [1.82, 2.24) is 5.43 Å². The van der Waals surface area contributed by atoms with Crippen molar-refractivity contribution in [1.29, 1.82) is 0 Å². The summed E-state index contributed by atoms with van der Waals surface area (Å²) in [6, 6.07) is 18.7. The van der Waals surface area contributed by atoms with Crippen molar-refractivity contribution < 1.29 is 23.5 Å². The fraction of sp³-hybridized carbons (Fsp3) is 0.0435. The Kier molecular flexibility index (Phi) is 7.26. The second-order valence-corrected chi connectivity index (χ2v) is 6.58. The summed E-state index contributed by atoms with van der Waals surface area (Å²) in [5, 5.41) is 6.15. The molecule has 3 rings (SSSR count). The van der Waals surface area contributed by atoms with E-state index in [1.165, 1.54) is 42.6 Å². The molecular formula is C23H19FN4O4. The Morgan fingerprint density at radius 3 is 2.38 bits per heavy atom. The van der Waals surface area contributed by atoms with E-state index in [-0.39, 0.29) is 18.0 Å². The van der Waals surface area contributed by atoms with Crippen molar-refractivity contribution in [2.24, 2.45) is 10.8 Å². The highest BCUT2D eigenvalue weighted by Crippen LogP contribution is 2.14. The van der Waals surface area contributed by atoms with E-state index in [0.717, 1.165) is 5.56 Å². The molecule has 4 N–H and O–H groups in total. The first-order valence-electron chi connectivity index (χ1n) is 9.42. The minimum Gasteiger partial charge on any atom is -0.489 e. The van der Waals surface area contributed by atoms with Crippen LogP contribution in [0.5, 0.6) is 5.75 Å². The van der Waals surface area contributed by atoms with E-state index in [0.29, 0.717) is 17.0 Å². The summed E-state index contributed by atoms with van der Waals surface area (Å²) in [6.45, 7) is 0.262. The van der Waals surface area contributed by atoms with Gasteiger partial charge in [-0.15, -0.1) is 0 Å². The number of ether oxygens (including phenoxy) is 1. The van der Waals surface area contributed by atoms with Crippen LogP contribution in [0.4, 0.5) is 10.1 Å². The zero-order valence-corrected chi connectivity index (χ0v) is 16.7. The molecule has 0 unspecified atom stereocenters. The summed E-state index contributed by atoms with van der Waals surface area (Å²) in [5.74, 6) is -2.25. The summed E-state index contributed by atoms with van der Waals surface area (Å²) in [5.41, 5.74) is 9.32. The molecular weight excluding hydrogens is 415 g/mol. The van der Waals surface area contributed by atoms with Gasteiger partial charge in [0.05, 0.1) is 6.21 Å². The summed E-state index contributed by atoms with van der Waals surface area (Å²) in [7, 11) is 0. The summed E-state index contributed by atoms with van der Waals surface area (Å²) in [4.78, 5) is 34.9. The Balaban J connectivity index is 1.50. The van der Waals surface area contributed by atoms with Crippen LogP contribution in [0.25, 0.3) is 0 Å². The molecule has 0 fully saturated rings. The zero-order valence-electron chi connectivity index (χ0n) is 16.7. The largest absolute Gasteiger partial charge is 0.489 e. The van der Waals surface area contributed by atoms with E-state index in [1.807, 2.05) is 0 Å². The van der Waals surface area contributed by atoms with Gasteiger partial charge in [-0.2, -0.15) is 5.10 Å². The van der Waals surface area contributed by atoms with Gasteiger partial charge in [-0.25, -0.2) is 9.82 Å². The first-order chi connectivity index (χ1) is 15.4. The van der Waals surface area contributed by atoms with Crippen LogP contribution in [0, 0.1) is 5.82 Å². The maximum Gasteiger partial charge on any atom is 0.329 e. The zero-order chi connectivity index (χ0) is 22.9. The summed E-state index contributed by atoms with van der Waals surface area (Å²) < 4.78 is 18.6. The monoisotopic (exact) mass is 434 g/mol. The van der Waals surface area contributed by atoms with Crippen LogP contribution in [0.3, 0.4) is 0 Å². The molecule has 0 heterocycles. The summed E-state index contributed by atoms with van der Waals surface area (Å²) in [6.07, 6.45) is 1.36. The van der Waals surface area contributed by atoms with Gasteiger partial charge in [0, 0.05) is 11.3 Å². The molecule has 0 aliphatic carbocycles.